The quantitative estimate of drug-likeness (QED) is 0.718. The van der Waals surface area contributed by atoms with E-state index in [0.29, 0.717) is 18.9 Å². The van der Waals surface area contributed by atoms with Crippen LogP contribution in [-0.2, 0) is 9.73 Å². The number of rotatable bonds is 1. The number of halogens is 1. The van der Waals surface area contributed by atoms with Gasteiger partial charge in [0.05, 0.1) is 6.04 Å². The van der Waals surface area contributed by atoms with Gasteiger partial charge in [0.25, 0.3) is 0 Å². The third-order valence-corrected chi connectivity index (χ3v) is 8.21. The molecule has 4 heteroatoms. The third kappa shape index (κ3) is 2.45. The maximum absolute atomic E-state index is 14.9. The molecule has 1 heterocycles. The van der Waals surface area contributed by atoms with E-state index in [2.05, 4.69) is 4.36 Å². The summed E-state index contributed by atoms with van der Waals surface area (Å²) in [7, 11) is -1.90. The molecule has 2 saturated carbocycles. The van der Waals surface area contributed by atoms with Gasteiger partial charge in [0.2, 0.25) is 0 Å². The predicted octanol–water partition coefficient (Wildman–Crippen LogP) is 3.95. The summed E-state index contributed by atoms with van der Waals surface area (Å²) in [5, 5.41) is 0. The molecule has 0 aromatic rings. The minimum absolute atomic E-state index is 0.163. The first kappa shape index (κ1) is 13.8. The van der Waals surface area contributed by atoms with Crippen LogP contribution in [0.1, 0.15) is 59.3 Å². The SMILES string of the molecule is CC(C)(C)C1(F)CCC2(CC1)CS(=O)(=NC1CC1)C2. The second-order valence-corrected chi connectivity index (χ2v) is 10.4. The molecule has 0 atom stereocenters. The van der Waals surface area contributed by atoms with Crippen molar-refractivity contribution in [3.05, 3.63) is 0 Å². The Hall–Kier alpha value is -0.120. The lowest BCUT2D eigenvalue weighted by atomic mass is 9.63. The highest BCUT2D eigenvalue weighted by molar-refractivity contribution is 7.95. The second-order valence-electron chi connectivity index (χ2n) is 8.11. The van der Waals surface area contributed by atoms with E-state index in [1.54, 1.807) is 0 Å². The van der Waals surface area contributed by atoms with Gasteiger partial charge >= 0.3 is 0 Å². The van der Waals surface area contributed by atoms with E-state index in [1.165, 1.54) is 0 Å². The van der Waals surface area contributed by atoms with Crippen molar-refractivity contribution < 1.29 is 8.60 Å². The molecule has 2 aliphatic carbocycles. The van der Waals surface area contributed by atoms with Crippen LogP contribution in [0.3, 0.4) is 0 Å². The van der Waals surface area contributed by atoms with Crippen LogP contribution in [0.25, 0.3) is 0 Å². The Kier molecular flexibility index (Phi) is 2.88. The van der Waals surface area contributed by atoms with Crippen LogP contribution in [-0.4, -0.2) is 27.4 Å². The van der Waals surface area contributed by atoms with Crippen molar-refractivity contribution in [3.63, 3.8) is 0 Å². The van der Waals surface area contributed by atoms with Gasteiger partial charge in [0.1, 0.15) is 5.67 Å². The molecule has 0 unspecified atom stereocenters. The highest BCUT2D eigenvalue weighted by atomic mass is 32.2. The molecule has 3 aliphatic rings. The zero-order valence-electron chi connectivity index (χ0n) is 12.4. The monoisotopic (exact) mass is 287 g/mol. The van der Waals surface area contributed by atoms with E-state index < -0.39 is 15.4 Å². The minimum Gasteiger partial charge on any atom is -0.250 e. The van der Waals surface area contributed by atoms with Gasteiger partial charge in [-0.2, -0.15) is 0 Å². The van der Waals surface area contributed by atoms with E-state index in [4.69, 9.17) is 0 Å². The summed E-state index contributed by atoms with van der Waals surface area (Å²) in [5.41, 5.74) is -1.16. The zero-order chi connectivity index (χ0) is 13.9. The number of hydrogen-bond donors (Lipinski definition) is 0. The molecule has 1 aliphatic heterocycles. The van der Waals surface area contributed by atoms with Crippen molar-refractivity contribution in [2.24, 2.45) is 15.2 Å². The molecular formula is C15H26FNOS. The summed E-state index contributed by atoms with van der Waals surface area (Å²) in [6.07, 6.45) is 5.32. The van der Waals surface area contributed by atoms with Crippen LogP contribution in [0, 0.1) is 10.8 Å². The molecule has 0 aromatic heterocycles. The molecule has 3 rings (SSSR count). The van der Waals surface area contributed by atoms with Crippen LogP contribution in [0.4, 0.5) is 4.39 Å². The van der Waals surface area contributed by atoms with Crippen LogP contribution < -0.4 is 0 Å². The maximum atomic E-state index is 14.9. The largest absolute Gasteiger partial charge is 0.250 e. The average Bonchev–Trinajstić information content (AvgIpc) is 3.02. The van der Waals surface area contributed by atoms with Crippen LogP contribution in [0.2, 0.25) is 0 Å². The molecule has 0 N–H and O–H groups in total. The van der Waals surface area contributed by atoms with Gasteiger partial charge in [-0.1, -0.05) is 20.8 Å². The Morgan fingerprint density at radius 3 is 2.05 bits per heavy atom. The molecule has 110 valence electrons. The van der Waals surface area contributed by atoms with Gasteiger partial charge in [0.15, 0.2) is 0 Å². The van der Waals surface area contributed by atoms with E-state index in [0.717, 1.165) is 37.2 Å². The van der Waals surface area contributed by atoms with Gasteiger partial charge in [-0.15, -0.1) is 0 Å². The number of alkyl halides is 1. The minimum atomic E-state index is -1.90. The van der Waals surface area contributed by atoms with E-state index >= 15 is 0 Å². The lowest BCUT2D eigenvalue weighted by molar-refractivity contribution is -0.0348. The molecule has 1 saturated heterocycles. The van der Waals surface area contributed by atoms with Crippen LogP contribution in [0.5, 0.6) is 0 Å². The maximum Gasteiger partial charge on any atom is 0.115 e. The molecule has 0 amide bonds. The van der Waals surface area contributed by atoms with Gasteiger partial charge in [-0.05, 0) is 49.4 Å². The van der Waals surface area contributed by atoms with Crippen molar-refractivity contribution in [1.29, 1.82) is 0 Å². The second kappa shape index (κ2) is 3.96. The topological polar surface area (TPSA) is 29.4 Å². The Morgan fingerprint density at radius 2 is 1.63 bits per heavy atom. The summed E-state index contributed by atoms with van der Waals surface area (Å²) < 4.78 is 31.9. The molecule has 3 fully saturated rings. The number of nitrogens with zero attached hydrogens (tertiary/aromatic N) is 1. The molecule has 2 nitrogen and oxygen atoms in total. The van der Waals surface area contributed by atoms with Crippen molar-refractivity contribution in [2.45, 2.75) is 71.0 Å². The first-order valence-corrected chi connectivity index (χ1v) is 9.41. The van der Waals surface area contributed by atoms with Crippen LogP contribution in [0.15, 0.2) is 4.36 Å². The molecular weight excluding hydrogens is 261 g/mol. The first-order valence-electron chi connectivity index (χ1n) is 7.56. The normalized spacial score (nSPS) is 46.9. The zero-order valence-corrected chi connectivity index (χ0v) is 13.2. The van der Waals surface area contributed by atoms with E-state index in [-0.39, 0.29) is 10.8 Å². The molecule has 0 bridgehead atoms. The van der Waals surface area contributed by atoms with E-state index in [9.17, 15) is 8.60 Å². The molecule has 19 heavy (non-hydrogen) atoms. The Morgan fingerprint density at radius 1 is 1.11 bits per heavy atom. The fourth-order valence-corrected chi connectivity index (χ4v) is 6.97. The Labute approximate surface area is 116 Å². The predicted molar refractivity (Wildman–Crippen MR) is 77.5 cm³/mol. The summed E-state index contributed by atoms with van der Waals surface area (Å²) >= 11 is 0. The van der Waals surface area contributed by atoms with Crippen molar-refractivity contribution in [3.8, 4) is 0 Å². The first-order chi connectivity index (χ1) is 8.66. The van der Waals surface area contributed by atoms with Crippen LogP contribution >= 0.6 is 0 Å². The van der Waals surface area contributed by atoms with E-state index in [1.807, 2.05) is 20.8 Å². The Bertz CT molecular complexity index is 473. The summed E-state index contributed by atoms with van der Waals surface area (Å²) in [6.45, 7) is 5.99. The van der Waals surface area contributed by atoms with Crippen molar-refractivity contribution in [1.82, 2.24) is 0 Å². The summed E-state index contributed by atoms with van der Waals surface area (Å²) in [4.78, 5) is 0. The van der Waals surface area contributed by atoms with Gasteiger partial charge in [0, 0.05) is 21.2 Å². The smallest absolute Gasteiger partial charge is 0.115 e. The molecule has 0 radical (unpaired) electrons. The summed E-state index contributed by atoms with van der Waals surface area (Å²) in [6, 6.07) is 0.392. The fourth-order valence-electron chi connectivity index (χ4n) is 3.66. The fraction of sp³-hybridized carbons (Fsp3) is 1.00. The lowest BCUT2D eigenvalue weighted by Gasteiger charge is -2.52. The molecule has 1 spiro atoms. The summed E-state index contributed by atoms with van der Waals surface area (Å²) in [5.74, 6) is 1.49. The highest BCUT2D eigenvalue weighted by Crippen LogP contribution is 2.55. The lowest BCUT2D eigenvalue weighted by Crippen LogP contribution is -2.54. The van der Waals surface area contributed by atoms with Crippen molar-refractivity contribution in [2.75, 3.05) is 11.5 Å². The highest BCUT2D eigenvalue weighted by Gasteiger charge is 2.55. The van der Waals surface area contributed by atoms with Gasteiger partial charge < -0.3 is 0 Å². The third-order valence-electron chi connectivity index (χ3n) is 5.40. The Balaban J connectivity index is 1.65. The number of hydrogen-bond acceptors (Lipinski definition) is 2. The van der Waals surface area contributed by atoms with Gasteiger partial charge in [-0.25, -0.2) is 13.0 Å². The molecule has 0 aromatic carbocycles. The standard InChI is InChI=1S/C15H26FNOS/c1-13(2,3)15(16)8-6-14(7-9-15)10-19(18,11-14)17-12-4-5-12/h12H,4-11H2,1-3H3. The average molecular weight is 287 g/mol. The van der Waals surface area contributed by atoms with Gasteiger partial charge in [-0.3, -0.25) is 0 Å². The van der Waals surface area contributed by atoms with Crippen molar-refractivity contribution >= 4 is 9.73 Å².